The third kappa shape index (κ3) is 5.24. The van der Waals surface area contributed by atoms with Crippen LogP contribution in [0.15, 0.2) is 24.3 Å². The molecular weight excluding hydrogens is 286 g/mol. The van der Waals surface area contributed by atoms with Crippen molar-refractivity contribution in [1.29, 1.82) is 0 Å². The lowest BCUT2D eigenvalue weighted by Crippen LogP contribution is -2.47. The SMILES string of the molecule is CC(C)N1CCOC(COc2cccc(C#CCCl)c2)C1. The Kier molecular flexibility index (Phi) is 6.38. The molecule has 0 radical (unpaired) electrons. The minimum atomic E-state index is 0.124. The molecule has 21 heavy (non-hydrogen) atoms. The molecule has 1 atom stereocenters. The van der Waals surface area contributed by atoms with Gasteiger partial charge in [0.25, 0.3) is 0 Å². The summed E-state index contributed by atoms with van der Waals surface area (Å²) in [5.41, 5.74) is 0.918. The van der Waals surface area contributed by atoms with E-state index in [2.05, 4.69) is 30.6 Å². The van der Waals surface area contributed by atoms with Crippen LogP contribution in [-0.2, 0) is 4.74 Å². The fourth-order valence-corrected chi connectivity index (χ4v) is 2.37. The van der Waals surface area contributed by atoms with Gasteiger partial charge in [0.1, 0.15) is 18.5 Å². The predicted octanol–water partition coefficient (Wildman–Crippen LogP) is 2.76. The second-order valence-electron chi connectivity index (χ2n) is 5.36. The van der Waals surface area contributed by atoms with Crippen LogP contribution < -0.4 is 4.74 Å². The molecular formula is C17H22ClNO2. The molecule has 1 aliphatic heterocycles. The number of nitrogens with zero attached hydrogens (tertiary/aromatic N) is 1. The molecule has 0 N–H and O–H groups in total. The maximum Gasteiger partial charge on any atom is 0.120 e. The molecule has 0 aromatic heterocycles. The summed E-state index contributed by atoms with van der Waals surface area (Å²) in [6.07, 6.45) is 0.124. The van der Waals surface area contributed by atoms with E-state index >= 15 is 0 Å². The lowest BCUT2D eigenvalue weighted by molar-refractivity contribution is -0.0564. The van der Waals surface area contributed by atoms with Gasteiger partial charge < -0.3 is 9.47 Å². The molecule has 1 heterocycles. The molecule has 1 saturated heterocycles. The van der Waals surface area contributed by atoms with Gasteiger partial charge in [0.2, 0.25) is 0 Å². The maximum absolute atomic E-state index is 5.84. The minimum absolute atomic E-state index is 0.124. The Balaban J connectivity index is 1.88. The van der Waals surface area contributed by atoms with Crippen LogP contribution in [0.4, 0.5) is 0 Å². The average Bonchev–Trinajstić information content (AvgIpc) is 2.51. The number of hydrogen-bond acceptors (Lipinski definition) is 3. The minimum Gasteiger partial charge on any atom is -0.491 e. The van der Waals surface area contributed by atoms with E-state index in [0.29, 0.717) is 18.5 Å². The predicted molar refractivity (Wildman–Crippen MR) is 86.0 cm³/mol. The van der Waals surface area contributed by atoms with Crippen LogP contribution in [0.25, 0.3) is 0 Å². The van der Waals surface area contributed by atoms with Gasteiger partial charge in [-0.25, -0.2) is 0 Å². The van der Waals surface area contributed by atoms with E-state index in [0.717, 1.165) is 31.0 Å². The Hall–Kier alpha value is -1.21. The highest BCUT2D eigenvalue weighted by Gasteiger charge is 2.22. The van der Waals surface area contributed by atoms with Crippen molar-refractivity contribution in [3.63, 3.8) is 0 Å². The average molecular weight is 308 g/mol. The summed E-state index contributed by atoms with van der Waals surface area (Å²) in [7, 11) is 0. The van der Waals surface area contributed by atoms with Gasteiger partial charge in [0.05, 0.1) is 12.5 Å². The van der Waals surface area contributed by atoms with E-state index in [9.17, 15) is 0 Å². The highest BCUT2D eigenvalue weighted by molar-refractivity contribution is 6.19. The highest BCUT2D eigenvalue weighted by atomic mass is 35.5. The van der Waals surface area contributed by atoms with Crippen molar-refractivity contribution >= 4 is 11.6 Å². The summed E-state index contributed by atoms with van der Waals surface area (Å²) >= 11 is 5.57. The van der Waals surface area contributed by atoms with E-state index in [1.165, 1.54) is 0 Å². The van der Waals surface area contributed by atoms with Gasteiger partial charge in [0, 0.05) is 24.7 Å². The summed E-state index contributed by atoms with van der Waals surface area (Å²) < 4.78 is 11.6. The summed E-state index contributed by atoms with van der Waals surface area (Å²) in [4.78, 5) is 2.42. The first-order valence-electron chi connectivity index (χ1n) is 7.32. The van der Waals surface area contributed by atoms with Gasteiger partial charge in [0.15, 0.2) is 0 Å². The first-order valence-corrected chi connectivity index (χ1v) is 7.86. The Morgan fingerprint density at radius 2 is 2.33 bits per heavy atom. The molecule has 1 unspecified atom stereocenters. The number of morpholine rings is 1. The van der Waals surface area contributed by atoms with E-state index in [-0.39, 0.29) is 6.10 Å². The van der Waals surface area contributed by atoms with Gasteiger partial charge in [-0.3, -0.25) is 4.90 Å². The van der Waals surface area contributed by atoms with Crippen LogP contribution in [0.1, 0.15) is 19.4 Å². The Morgan fingerprint density at radius 1 is 1.48 bits per heavy atom. The number of rotatable bonds is 4. The maximum atomic E-state index is 5.84. The number of ether oxygens (including phenoxy) is 2. The van der Waals surface area contributed by atoms with E-state index in [1.807, 2.05) is 24.3 Å². The summed E-state index contributed by atoms with van der Waals surface area (Å²) in [6.45, 7) is 7.68. The van der Waals surface area contributed by atoms with Crippen molar-refractivity contribution in [3.05, 3.63) is 29.8 Å². The van der Waals surface area contributed by atoms with Crippen molar-refractivity contribution in [2.45, 2.75) is 26.0 Å². The molecule has 1 aromatic carbocycles. The largest absolute Gasteiger partial charge is 0.491 e. The monoisotopic (exact) mass is 307 g/mol. The third-order valence-electron chi connectivity index (χ3n) is 3.47. The molecule has 114 valence electrons. The molecule has 0 bridgehead atoms. The molecule has 0 aliphatic carbocycles. The van der Waals surface area contributed by atoms with Crippen LogP contribution in [0.3, 0.4) is 0 Å². The van der Waals surface area contributed by atoms with E-state index in [1.54, 1.807) is 0 Å². The zero-order valence-electron chi connectivity index (χ0n) is 12.6. The standard InChI is InChI=1S/C17H22ClNO2/c1-14(2)19-9-10-20-17(12-19)13-21-16-7-3-5-15(11-16)6-4-8-18/h3,5,7,11,14,17H,8-10,12-13H2,1-2H3. The zero-order chi connectivity index (χ0) is 15.1. The first kappa shape index (κ1) is 16.2. The van der Waals surface area contributed by atoms with Gasteiger partial charge in [-0.1, -0.05) is 17.9 Å². The molecule has 3 nitrogen and oxygen atoms in total. The lowest BCUT2D eigenvalue weighted by Gasteiger charge is -2.35. The van der Waals surface area contributed by atoms with Gasteiger partial charge in [-0.15, -0.1) is 11.6 Å². The Labute approximate surface area is 132 Å². The van der Waals surface area contributed by atoms with Gasteiger partial charge in [-0.05, 0) is 32.0 Å². The zero-order valence-corrected chi connectivity index (χ0v) is 13.4. The normalized spacial score (nSPS) is 19.1. The summed E-state index contributed by atoms with van der Waals surface area (Å²) in [5.74, 6) is 7.00. The molecule has 4 heteroatoms. The second-order valence-corrected chi connectivity index (χ2v) is 5.62. The van der Waals surface area contributed by atoms with Crippen LogP contribution >= 0.6 is 11.6 Å². The quantitative estimate of drug-likeness (QED) is 0.631. The second kappa shape index (κ2) is 8.29. The highest BCUT2D eigenvalue weighted by Crippen LogP contribution is 2.15. The Morgan fingerprint density at radius 3 is 3.10 bits per heavy atom. The number of hydrogen-bond donors (Lipinski definition) is 0. The fraction of sp³-hybridized carbons (Fsp3) is 0.529. The molecule has 1 aliphatic rings. The lowest BCUT2D eigenvalue weighted by atomic mass is 10.2. The van der Waals surface area contributed by atoms with E-state index in [4.69, 9.17) is 21.1 Å². The molecule has 1 aromatic rings. The Bertz CT molecular complexity index is 507. The van der Waals surface area contributed by atoms with Crippen molar-refractivity contribution < 1.29 is 9.47 Å². The molecule has 1 fully saturated rings. The summed E-state index contributed by atoms with van der Waals surface area (Å²) in [5, 5.41) is 0. The third-order valence-corrected chi connectivity index (χ3v) is 3.60. The van der Waals surface area contributed by atoms with Crippen LogP contribution in [0.2, 0.25) is 0 Å². The smallest absolute Gasteiger partial charge is 0.120 e. The fourth-order valence-electron chi connectivity index (χ4n) is 2.30. The van der Waals surface area contributed by atoms with Crippen LogP contribution in [-0.4, -0.2) is 49.2 Å². The van der Waals surface area contributed by atoms with E-state index < -0.39 is 0 Å². The van der Waals surface area contributed by atoms with Gasteiger partial charge >= 0.3 is 0 Å². The van der Waals surface area contributed by atoms with Crippen LogP contribution in [0.5, 0.6) is 5.75 Å². The number of alkyl halides is 1. The first-order chi connectivity index (χ1) is 10.2. The molecule has 0 saturated carbocycles. The van der Waals surface area contributed by atoms with Crippen molar-refractivity contribution in [1.82, 2.24) is 4.90 Å². The van der Waals surface area contributed by atoms with Crippen LogP contribution in [0, 0.1) is 11.8 Å². The van der Waals surface area contributed by atoms with Gasteiger partial charge in [-0.2, -0.15) is 0 Å². The van der Waals surface area contributed by atoms with Crippen molar-refractivity contribution in [3.8, 4) is 17.6 Å². The van der Waals surface area contributed by atoms with Crippen molar-refractivity contribution in [2.75, 3.05) is 32.2 Å². The molecule has 0 spiro atoms. The van der Waals surface area contributed by atoms with Crippen molar-refractivity contribution in [2.24, 2.45) is 0 Å². The number of halogens is 1. The molecule has 2 rings (SSSR count). The topological polar surface area (TPSA) is 21.7 Å². The molecule has 0 amide bonds. The summed E-state index contributed by atoms with van der Waals surface area (Å²) in [6, 6.07) is 8.31. The number of benzene rings is 1.